The Labute approximate surface area is 793 Å². The summed E-state index contributed by atoms with van der Waals surface area (Å²) in [5.74, 6) is -1.73. The third kappa shape index (κ3) is 26.0. The third-order valence-corrected chi connectivity index (χ3v) is 30.4. The van der Waals surface area contributed by atoms with Crippen LogP contribution >= 0.6 is 23.5 Å². The van der Waals surface area contributed by atoms with Gasteiger partial charge in [-0.15, -0.1) is 23.5 Å². The lowest BCUT2D eigenvalue weighted by atomic mass is 9.94. The standard InChI is InChI=1S/C51H57F3N6O3S2.C50H55F3N6O3S2.2CO2/c1-35-32-43(18-20-46(35)55-40(34-64-42-8-6-5-7-9-42)22-25-58-26-23-51(3,61)24-27-58)65(62,63)56-39-14-16-41(17-15-39)59-28-30-60(31-29-59)47-21-19-45(53)48(49(47)54)44-33-36(2)57(4)50(44)37-10-12-38(52)13-11-37;1-34-31-43(17-19-46(34)54-39(33-63-42-7-5-4-6-8-42)21-24-57-25-22-41(60)23-26-57)64(61,62)55-38-13-15-40(16-14-38)58-27-29-59(30-28-58)47-20-18-45(52)48(49(47)53)44-32-35(2)56(3)50(44)36-9-11-37(51)12-10-36;2*2-1-3/h5-21,32-33,40,55-56,61H,22-31,34H2,1-4H3;4-20,31-32,39,41,54-55,60H,21-30,33H2,1-3H3;;/t40-;39-;;/m11../s1. The minimum Gasteiger partial charge on any atom is -0.393 e. The maximum absolute atomic E-state index is 16.5. The second-order valence-electron chi connectivity index (χ2n) is 34.5. The van der Waals surface area contributed by atoms with Gasteiger partial charge >= 0.3 is 12.3 Å². The molecule has 6 N–H and O–H groups in total. The van der Waals surface area contributed by atoms with Gasteiger partial charge in [0.25, 0.3) is 20.0 Å². The molecule has 0 spiro atoms. The Bertz CT molecular complexity index is 6310. The molecule has 4 aliphatic rings. The molecule has 2 aromatic heterocycles. The molecule has 0 radical (unpaired) electrons. The normalized spacial score (nSPS) is 15.3. The van der Waals surface area contributed by atoms with Gasteiger partial charge in [-0.2, -0.15) is 19.2 Å². The van der Waals surface area contributed by atoms with Crippen LogP contribution in [0.2, 0.25) is 0 Å². The molecule has 6 heterocycles. The molecule has 0 aliphatic carbocycles. The van der Waals surface area contributed by atoms with Gasteiger partial charge in [0.05, 0.1) is 55.4 Å². The number of aromatic nitrogens is 2. The summed E-state index contributed by atoms with van der Waals surface area (Å²) >= 11 is 3.59. The first kappa shape index (κ1) is 100. The summed E-state index contributed by atoms with van der Waals surface area (Å²) in [4.78, 5) is 48.2. The average molecular weight is 1920 g/mol. The number of rotatable bonds is 30. The van der Waals surface area contributed by atoms with E-state index in [2.05, 4.69) is 63.9 Å². The van der Waals surface area contributed by atoms with E-state index in [1.54, 1.807) is 108 Å². The number of aliphatic hydroxyl groups excluding tert-OH is 1. The Balaban J connectivity index is 0.000000216. The number of aliphatic hydroxyl groups is 2. The molecule has 0 saturated carbocycles. The number of hydrogen-bond acceptors (Lipinski definition) is 20. The number of likely N-dealkylation sites (tertiary alicyclic amines) is 2. The highest BCUT2D eigenvalue weighted by atomic mass is 32.2. The second-order valence-corrected chi connectivity index (χ2v) is 40.1. The predicted molar refractivity (Wildman–Crippen MR) is 524 cm³/mol. The van der Waals surface area contributed by atoms with Gasteiger partial charge in [0.15, 0.2) is 11.6 Å². The highest BCUT2D eigenvalue weighted by Gasteiger charge is 2.33. The molecule has 0 bridgehead atoms. The Morgan fingerprint density at radius 3 is 1.14 bits per heavy atom. The molecule has 4 aliphatic heterocycles. The number of piperazine rings is 2. The lowest BCUT2D eigenvalue weighted by molar-refractivity contribution is -0.193. The van der Waals surface area contributed by atoms with Crippen LogP contribution in [0.25, 0.3) is 44.8 Å². The van der Waals surface area contributed by atoms with Gasteiger partial charge in [0, 0.05) is 196 Å². The van der Waals surface area contributed by atoms with Gasteiger partial charge in [-0.05, 0) is 290 Å². The third-order valence-electron chi connectivity index (χ3n) is 25.3. The Kier molecular flexibility index (Phi) is 34.2. The molecule has 12 aromatic rings. The zero-order chi connectivity index (χ0) is 96.3. The van der Waals surface area contributed by atoms with E-state index in [0.29, 0.717) is 109 Å². The van der Waals surface area contributed by atoms with Crippen molar-refractivity contribution in [3.05, 3.63) is 288 Å². The monoisotopic (exact) mass is 1920 g/mol. The Morgan fingerprint density at radius 2 is 0.785 bits per heavy atom. The van der Waals surface area contributed by atoms with Crippen molar-refractivity contribution < 1.29 is 72.6 Å². The number of piperidine rings is 2. The molecule has 32 heteroatoms. The SMILES string of the molecule is Cc1cc(S(=O)(=O)Nc2ccc(N3CCN(c4ccc(F)c(-c5cc(C)n(C)c5-c5ccc(F)cc5)c4F)CC3)cc2)ccc1N[C@H](CCN1CCC(C)(O)CC1)CSc1ccccc1.Cc1cc(S(=O)(=O)Nc2ccc(N3CCN(c4ccc(F)c(-c5cc(C)n(C)c5-c5ccc(F)cc5)c4F)CC3)cc2)ccc1N[C@H](CCN1CCC(O)CC1)CSc1ccccc1.O=C=O.O=C=O. The second kappa shape index (κ2) is 46.0. The number of sulfonamides is 2. The molecule has 2 atom stereocenters. The number of halogens is 6. The number of hydrogen-bond donors (Lipinski definition) is 6. The van der Waals surface area contributed by atoms with E-state index in [-0.39, 0.29) is 51.4 Å². The highest BCUT2D eigenvalue weighted by molar-refractivity contribution is 7.99. The molecular formula is C103H112F6N12O10S4. The van der Waals surface area contributed by atoms with Crippen LogP contribution in [0, 0.1) is 62.6 Å². The van der Waals surface area contributed by atoms with E-state index >= 15 is 17.6 Å². The van der Waals surface area contributed by atoms with E-state index < -0.39 is 60.6 Å². The van der Waals surface area contributed by atoms with Crippen molar-refractivity contribution in [2.75, 3.05) is 143 Å². The molecule has 710 valence electrons. The van der Waals surface area contributed by atoms with Crippen LogP contribution in [0.3, 0.4) is 0 Å². The van der Waals surface area contributed by atoms with Crippen LogP contribution in [-0.2, 0) is 53.3 Å². The van der Waals surface area contributed by atoms with E-state index in [1.807, 2.05) is 140 Å². The molecular weight excluding hydrogens is 1810 g/mol. The fourth-order valence-corrected chi connectivity index (χ4v) is 21.7. The minimum absolute atomic E-state index is 0.118. The minimum atomic E-state index is -3.90. The molecule has 4 saturated heterocycles. The summed E-state index contributed by atoms with van der Waals surface area (Å²) < 4.78 is 155. The first-order chi connectivity index (χ1) is 64.8. The Hall–Kier alpha value is -12.1. The number of nitrogens with zero attached hydrogens (tertiary/aromatic N) is 8. The van der Waals surface area contributed by atoms with Crippen LogP contribution in [0.5, 0.6) is 0 Å². The van der Waals surface area contributed by atoms with Crippen LogP contribution in [0.15, 0.2) is 250 Å². The fourth-order valence-electron chi connectivity index (χ4n) is 17.4. The fraction of sp³-hybridized carbons (Fsp3) is 0.320. The van der Waals surface area contributed by atoms with Crippen LogP contribution in [0.1, 0.15) is 68.0 Å². The lowest BCUT2D eigenvalue weighted by Crippen LogP contribution is -2.46. The van der Waals surface area contributed by atoms with E-state index in [1.165, 1.54) is 58.3 Å². The van der Waals surface area contributed by atoms with Gasteiger partial charge in [0.1, 0.15) is 23.3 Å². The van der Waals surface area contributed by atoms with Crippen LogP contribution in [0.4, 0.5) is 71.8 Å². The Morgan fingerprint density at radius 1 is 0.437 bits per heavy atom. The summed E-state index contributed by atoms with van der Waals surface area (Å²) in [6.07, 6.45) is 5.22. The maximum Gasteiger partial charge on any atom is 0.373 e. The van der Waals surface area contributed by atoms with E-state index in [4.69, 9.17) is 19.2 Å². The van der Waals surface area contributed by atoms with Crippen LogP contribution < -0.4 is 39.7 Å². The van der Waals surface area contributed by atoms with Crippen molar-refractivity contribution >= 4 is 101 Å². The maximum atomic E-state index is 16.5. The van der Waals surface area contributed by atoms with Gasteiger partial charge < -0.3 is 59.4 Å². The highest BCUT2D eigenvalue weighted by Crippen LogP contribution is 2.44. The van der Waals surface area contributed by atoms with Crippen molar-refractivity contribution in [1.29, 1.82) is 0 Å². The average Bonchev–Trinajstić information content (AvgIpc) is 1.63. The summed E-state index contributed by atoms with van der Waals surface area (Å²) in [6.45, 7) is 19.0. The molecule has 22 nitrogen and oxygen atoms in total. The van der Waals surface area contributed by atoms with Crippen molar-refractivity contribution in [1.82, 2.24) is 18.9 Å². The van der Waals surface area contributed by atoms with Gasteiger partial charge in [-0.25, -0.2) is 43.2 Å². The van der Waals surface area contributed by atoms with Crippen molar-refractivity contribution in [2.24, 2.45) is 14.1 Å². The largest absolute Gasteiger partial charge is 0.393 e. The summed E-state index contributed by atoms with van der Waals surface area (Å²) in [7, 11) is -4.14. The van der Waals surface area contributed by atoms with Crippen LogP contribution in [-0.4, -0.2) is 185 Å². The van der Waals surface area contributed by atoms with Gasteiger partial charge in [-0.3, -0.25) is 9.44 Å². The number of anilines is 8. The molecule has 16 rings (SSSR count). The summed E-state index contributed by atoms with van der Waals surface area (Å²) in [5.41, 5.74) is 10.8. The number of carbonyl (C=O) groups excluding carboxylic acids is 4. The zero-order valence-electron chi connectivity index (χ0n) is 76.4. The number of nitrogens with one attached hydrogen (secondary N) is 4. The van der Waals surface area contributed by atoms with E-state index in [0.717, 1.165) is 135 Å². The molecule has 135 heavy (non-hydrogen) atoms. The van der Waals surface area contributed by atoms with Gasteiger partial charge in [-0.1, -0.05) is 36.4 Å². The smallest absolute Gasteiger partial charge is 0.373 e. The van der Waals surface area contributed by atoms with Crippen molar-refractivity contribution in [3.63, 3.8) is 0 Å². The molecule has 0 unspecified atom stereocenters. The summed E-state index contributed by atoms with van der Waals surface area (Å²) in [6, 6.07) is 66.6. The molecule has 0 amide bonds. The van der Waals surface area contributed by atoms with Gasteiger partial charge in [0.2, 0.25) is 0 Å². The number of thioether (sulfide) groups is 2. The lowest BCUT2D eigenvalue weighted by Gasteiger charge is -2.37. The number of benzene rings is 10. The molecule has 10 aromatic carbocycles. The molecule has 4 fully saturated rings. The van der Waals surface area contributed by atoms with Crippen molar-refractivity contribution in [2.45, 2.75) is 117 Å². The van der Waals surface area contributed by atoms with E-state index in [9.17, 15) is 35.8 Å². The zero-order valence-corrected chi connectivity index (χ0v) is 79.6. The topological polar surface area (TPSA) is 254 Å². The number of aryl methyl sites for hydroxylation is 4. The summed E-state index contributed by atoms with van der Waals surface area (Å²) in [5, 5.41) is 27.8. The first-order valence-electron chi connectivity index (χ1n) is 44.8. The predicted octanol–water partition coefficient (Wildman–Crippen LogP) is 19.1. The first-order valence-corrected chi connectivity index (χ1v) is 49.7. The van der Waals surface area contributed by atoms with Crippen molar-refractivity contribution in [3.8, 4) is 44.8 Å². The quantitative estimate of drug-likeness (QED) is 0.0181.